The lowest BCUT2D eigenvalue weighted by Crippen LogP contribution is -1.81. The Labute approximate surface area is 93.0 Å². The molecule has 0 N–H and O–H groups in total. The number of hydrogen-bond acceptors (Lipinski definition) is 2. The first-order chi connectivity index (χ1) is 6.07. The summed E-state index contributed by atoms with van der Waals surface area (Å²) in [7, 11) is 0. The van der Waals surface area contributed by atoms with Crippen LogP contribution in [0.25, 0.3) is 10.4 Å². The van der Waals surface area contributed by atoms with Gasteiger partial charge in [-0.3, -0.25) is 0 Å². The van der Waals surface area contributed by atoms with Crippen LogP contribution in [0.5, 0.6) is 0 Å². The molecule has 0 radical (unpaired) electrons. The molecule has 0 saturated heterocycles. The zero-order chi connectivity index (χ0) is 10.0. The molecule has 0 aliphatic carbocycles. The Morgan fingerprint density at radius 1 is 1.08 bits per heavy atom. The molecule has 1 aromatic rings. The van der Waals surface area contributed by atoms with E-state index in [9.17, 15) is 0 Å². The fourth-order valence-electron chi connectivity index (χ4n) is 0.609. The molecule has 1 aromatic heterocycles. The molecule has 8 heteroatoms. The molecule has 4 nitrogen and oxygen atoms in total. The second-order valence-corrected chi connectivity index (χ2v) is 3.33. The number of hydrogen-bond donors (Lipinski definition) is 0. The van der Waals surface area contributed by atoms with Crippen molar-refractivity contribution < 1.29 is 0 Å². The number of pyridine rings is 1. The van der Waals surface area contributed by atoms with Crippen LogP contribution in [-0.4, -0.2) is 4.98 Å². The van der Waals surface area contributed by atoms with E-state index in [0.717, 1.165) is 0 Å². The summed E-state index contributed by atoms with van der Waals surface area (Å²) in [5.41, 5.74) is 8.17. The number of aromatic nitrogens is 1. The first-order valence-corrected chi connectivity index (χ1v) is 4.34. The lowest BCUT2D eigenvalue weighted by atomic mass is 10.4. The third kappa shape index (κ3) is 2.10. The fourth-order valence-corrected chi connectivity index (χ4v) is 1.40. The van der Waals surface area contributed by atoms with Crippen LogP contribution in [0.3, 0.4) is 0 Å². The van der Waals surface area contributed by atoms with Crippen molar-refractivity contribution in [3.05, 3.63) is 30.8 Å². The zero-order valence-corrected chi connectivity index (χ0v) is 8.82. The lowest BCUT2D eigenvalue weighted by molar-refractivity contribution is 1.30. The average molecular weight is 258 g/mol. The minimum atomic E-state index is -0.0570. The summed E-state index contributed by atoms with van der Waals surface area (Å²) in [6.07, 6.45) is 0. The summed E-state index contributed by atoms with van der Waals surface area (Å²) in [6.45, 7) is 0. The molecule has 0 bridgehead atoms. The van der Waals surface area contributed by atoms with Gasteiger partial charge >= 0.3 is 0 Å². The minimum Gasteiger partial charge on any atom is -0.221 e. The maximum Gasteiger partial charge on any atom is 0.149 e. The van der Waals surface area contributed by atoms with Gasteiger partial charge < -0.3 is 0 Å². The quantitative estimate of drug-likeness (QED) is 0.313. The van der Waals surface area contributed by atoms with Gasteiger partial charge in [-0.15, -0.1) is 0 Å². The van der Waals surface area contributed by atoms with Crippen molar-refractivity contribution in [2.24, 2.45) is 5.11 Å². The standard InChI is InChI=1S/C5Cl4N4/c6-1-3(12-13-10)2(7)5(9)11-4(1)8. The van der Waals surface area contributed by atoms with Gasteiger partial charge in [0.2, 0.25) is 0 Å². The van der Waals surface area contributed by atoms with E-state index in [1.165, 1.54) is 0 Å². The molecule has 0 saturated carbocycles. The molecule has 1 rings (SSSR count). The van der Waals surface area contributed by atoms with Crippen molar-refractivity contribution in [3.8, 4) is 0 Å². The van der Waals surface area contributed by atoms with Crippen LogP contribution in [0.4, 0.5) is 5.69 Å². The molecule has 0 amide bonds. The number of nitrogens with zero attached hydrogens (tertiary/aromatic N) is 4. The van der Waals surface area contributed by atoms with Crippen LogP contribution in [0.1, 0.15) is 0 Å². The number of halogens is 4. The van der Waals surface area contributed by atoms with Gasteiger partial charge in [0.25, 0.3) is 0 Å². The van der Waals surface area contributed by atoms with Gasteiger partial charge in [-0.25, -0.2) is 4.98 Å². The fraction of sp³-hybridized carbons (Fsp3) is 0. The van der Waals surface area contributed by atoms with E-state index < -0.39 is 0 Å². The normalized spacial score (nSPS) is 9.54. The summed E-state index contributed by atoms with van der Waals surface area (Å²) >= 11 is 22.4. The molecule has 0 aliphatic rings. The molecular weight excluding hydrogens is 258 g/mol. The molecule has 1 heterocycles. The molecule has 0 aliphatic heterocycles. The lowest BCUT2D eigenvalue weighted by Gasteiger charge is -2.02. The van der Waals surface area contributed by atoms with E-state index >= 15 is 0 Å². The summed E-state index contributed by atoms with van der Waals surface area (Å²) in [4.78, 5) is 6.12. The Kier molecular flexibility index (Phi) is 3.47. The van der Waals surface area contributed by atoms with Crippen molar-refractivity contribution >= 4 is 52.1 Å². The van der Waals surface area contributed by atoms with E-state index in [2.05, 4.69) is 15.0 Å². The maximum atomic E-state index is 8.18. The molecule has 0 atom stereocenters. The highest BCUT2D eigenvalue weighted by molar-refractivity contribution is 6.48. The predicted molar refractivity (Wildman–Crippen MR) is 53.1 cm³/mol. The van der Waals surface area contributed by atoms with Crippen LogP contribution in [0.15, 0.2) is 5.11 Å². The van der Waals surface area contributed by atoms with Gasteiger partial charge in [-0.2, -0.15) is 0 Å². The van der Waals surface area contributed by atoms with Gasteiger partial charge in [0.1, 0.15) is 10.3 Å². The summed E-state index contributed by atoms with van der Waals surface area (Å²) in [6, 6.07) is 0. The van der Waals surface area contributed by atoms with E-state index in [4.69, 9.17) is 51.9 Å². The Balaban J connectivity index is 3.55. The smallest absolute Gasteiger partial charge is 0.149 e. The van der Waals surface area contributed by atoms with Crippen LogP contribution in [0, 0.1) is 0 Å². The highest BCUT2D eigenvalue weighted by atomic mass is 35.5. The highest BCUT2D eigenvalue weighted by Gasteiger charge is 2.13. The van der Waals surface area contributed by atoms with Gasteiger partial charge in [-0.1, -0.05) is 51.5 Å². The van der Waals surface area contributed by atoms with Crippen LogP contribution >= 0.6 is 46.4 Å². The summed E-state index contributed by atoms with van der Waals surface area (Å²) in [5, 5.41) is 3.08. The van der Waals surface area contributed by atoms with E-state index in [1.54, 1.807) is 0 Å². The third-order valence-electron chi connectivity index (χ3n) is 1.12. The van der Waals surface area contributed by atoms with Crippen molar-refractivity contribution in [3.63, 3.8) is 0 Å². The predicted octanol–water partition coefficient (Wildman–Crippen LogP) is 4.64. The Morgan fingerprint density at radius 2 is 1.54 bits per heavy atom. The van der Waals surface area contributed by atoms with Crippen LogP contribution in [0.2, 0.25) is 20.4 Å². The topological polar surface area (TPSA) is 61.7 Å². The summed E-state index contributed by atoms with van der Waals surface area (Å²) in [5.74, 6) is 0. The molecular formula is C5Cl4N4. The molecule has 13 heavy (non-hydrogen) atoms. The van der Waals surface area contributed by atoms with Crippen molar-refractivity contribution in [2.75, 3.05) is 0 Å². The molecule has 0 fully saturated rings. The van der Waals surface area contributed by atoms with E-state index in [0.29, 0.717) is 0 Å². The largest absolute Gasteiger partial charge is 0.221 e. The van der Waals surface area contributed by atoms with Gasteiger partial charge in [-0.05, 0) is 5.53 Å². The molecule has 0 aromatic carbocycles. The van der Waals surface area contributed by atoms with Crippen molar-refractivity contribution in [1.82, 2.24) is 4.98 Å². The Hall–Kier alpha value is -0.380. The first-order valence-electron chi connectivity index (χ1n) is 2.83. The minimum absolute atomic E-state index is 0.0177. The second kappa shape index (κ2) is 4.22. The average Bonchev–Trinajstić information content (AvgIpc) is 2.09. The van der Waals surface area contributed by atoms with Crippen molar-refractivity contribution in [2.45, 2.75) is 0 Å². The first kappa shape index (κ1) is 10.7. The monoisotopic (exact) mass is 256 g/mol. The zero-order valence-electron chi connectivity index (χ0n) is 5.80. The Bertz CT molecular complexity index is 372. The van der Waals surface area contributed by atoms with Gasteiger partial charge in [0.15, 0.2) is 0 Å². The summed E-state index contributed by atoms with van der Waals surface area (Å²) < 4.78 is 0. The maximum absolute atomic E-state index is 8.18. The van der Waals surface area contributed by atoms with Gasteiger partial charge in [0, 0.05) is 4.91 Å². The second-order valence-electron chi connectivity index (χ2n) is 1.86. The van der Waals surface area contributed by atoms with Gasteiger partial charge in [0.05, 0.1) is 15.7 Å². The number of azide groups is 1. The third-order valence-corrected chi connectivity index (χ3v) is 2.58. The van der Waals surface area contributed by atoms with E-state index in [-0.39, 0.29) is 26.0 Å². The molecule has 68 valence electrons. The van der Waals surface area contributed by atoms with Crippen LogP contribution < -0.4 is 0 Å². The molecule has 0 spiro atoms. The highest BCUT2D eigenvalue weighted by Crippen LogP contribution is 2.40. The Morgan fingerprint density at radius 3 is 1.92 bits per heavy atom. The number of rotatable bonds is 1. The molecule has 0 unspecified atom stereocenters. The SMILES string of the molecule is [N-]=[N+]=Nc1c(Cl)c(Cl)nc(Cl)c1Cl. The van der Waals surface area contributed by atoms with Crippen molar-refractivity contribution in [1.29, 1.82) is 0 Å². The van der Waals surface area contributed by atoms with E-state index in [1.807, 2.05) is 0 Å². The van der Waals surface area contributed by atoms with Crippen LogP contribution in [-0.2, 0) is 0 Å².